The lowest BCUT2D eigenvalue weighted by atomic mass is 10.1. The molecular formula is C24H22N4O3. The molecule has 0 aliphatic carbocycles. The number of amides is 1. The maximum Gasteiger partial charge on any atom is 0.331 e. The van der Waals surface area contributed by atoms with Crippen LogP contribution < -0.4 is 4.90 Å². The van der Waals surface area contributed by atoms with E-state index in [4.69, 9.17) is 10.00 Å². The summed E-state index contributed by atoms with van der Waals surface area (Å²) in [4.78, 5) is 34.9. The van der Waals surface area contributed by atoms with E-state index < -0.39 is 18.5 Å². The molecule has 0 aliphatic heterocycles. The van der Waals surface area contributed by atoms with Crippen molar-refractivity contribution in [1.29, 1.82) is 5.26 Å². The fourth-order valence-electron chi connectivity index (χ4n) is 3.13. The normalized spacial score (nSPS) is 10.7. The number of para-hydroxylation sites is 2. The first-order valence-corrected chi connectivity index (χ1v) is 9.78. The number of nitriles is 1. The highest BCUT2D eigenvalue weighted by atomic mass is 16.5. The maximum absolute atomic E-state index is 12.7. The van der Waals surface area contributed by atoms with Crippen molar-refractivity contribution in [2.24, 2.45) is 0 Å². The zero-order valence-corrected chi connectivity index (χ0v) is 17.4. The molecule has 7 heteroatoms. The zero-order chi connectivity index (χ0) is 22.2. The number of hydrogen-bond donors (Lipinski definition) is 0. The summed E-state index contributed by atoms with van der Waals surface area (Å²) in [5, 5.41) is 8.92. The topological polar surface area (TPSA) is 96.2 Å². The summed E-state index contributed by atoms with van der Waals surface area (Å²) in [6.45, 7) is 3.66. The van der Waals surface area contributed by atoms with Gasteiger partial charge in [0.05, 0.1) is 35.4 Å². The van der Waals surface area contributed by atoms with Crippen LogP contribution in [0.15, 0.2) is 54.7 Å². The second-order valence-electron chi connectivity index (χ2n) is 7.02. The van der Waals surface area contributed by atoms with Gasteiger partial charge >= 0.3 is 5.97 Å². The number of hydrogen-bond acceptors (Lipinski definition) is 6. The number of benzene rings is 2. The first kappa shape index (κ1) is 21.7. The van der Waals surface area contributed by atoms with Gasteiger partial charge < -0.3 is 9.64 Å². The van der Waals surface area contributed by atoms with Crippen LogP contribution in [0.25, 0.3) is 17.1 Å². The number of esters is 1. The number of carbonyl (C=O) groups excluding carboxylic acids is 2. The van der Waals surface area contributed by atoms with Crippen LogP contribution in [0.5, 0.6) is 0 Å². The van der Waals surface area contributed by atoms with E-state index in [0.717, 1.165) is 22.2 Å². The van der Waals surface area contributed by atoms with Gasteiger partial charge in [-0.25, -0.2) is 9.78 Å². The summed E-state index contributed by atoms with van der Waals surface area (Å²) in [6, 6.07) is 15.2. The Bertz CT molecular complexity index is 1160. The molecule has 0 saturated heterocycles. The van der Waals surface area contributed by atoms with Crippen LogP contribution in [-0.2, 0) is 14.3 Å². The number of aryl methyl sites for hydroxylation is 2. The molecule has 2 aromatic carbocycles. The molecule has 0 N–H and O–H groups in total. The Kier molecular flexibility index (Phi) is 7.07. The Hall–Kier alpha value is -4.05. The third kappa shape index (κ3) is 5.97. The highest BCUT2D eigenvalue weighted by molar-refractivity contribution is 5.96. The van der Waals surface area contributed by atoms with Gasteiger partial charge in [-0.2, -0.15) is 5.26 Å². The monoisotopic (exact) mass is 414 g/mol. The van der Waals surface area contributed by atoms with E-state index in [1.807, 2.05) is 62.4 Å². The predicted molar refractivity (Wildman–Crippen MR) is 118 cm³/mol. The van der Waals surface area contributed by atoms with Gasteiger partial charge in [0.25, 0.3) is 5.91 Å². The predicted octanol–water partition coefficient (Wildman–Crippen LogP) is 3.75. The van der Waals surface area contributed by atoms with Crippen molar-refractivity contribution in [3.05, 3.63) is 71.6 Å². The molecular weight excluding hydrogens is 392 g/mol. The average molecular weight is 414 g/mol. The van der Waals surface area contributed by atoms with Gasteiger partial charge in [0.15, 0.2) is 6.61 Å². The summed E-state index contributed by atoms with van der Waals surface area (Å²) < 4.78 is 5.11. The molecule has 0 atom stereocenters. The van der Waals surface area contributed by atoms with Gasteiger partial charge in [0, 0.05) is 18.3 Å². The van der Waals surface area contributed by atoms with Crippen LogP contribution in [-0.4, -0.2) is 35.0 Å². The summed E-state index contributed by atoms with van der Waals surface area (Å²) in [5.41, 5.74) is 4.66. The Morgan fingerprint density at radius 2 is 1.84 bits per heavy atom. The van der Waals surface area contributed by atoms with Crippen LogP contribution in [0.3, 0.4) is 0 Å². The number of nitrogens with zero attached hydrogens (tertiary/aromatic N) is 4. The van der Waals surface area contributed by atoms with Crippen molar-refractivity contribution >= 4 is 34.7 Å². The summed E-state index contributed by atoms with van der Waals surface area (Å²) in [7, 11) is 0. The van der Waals surface area contributed by atoms with Crippen molar-refractivity contribution in [1.82, 2.24) is 9.97 Å². The van der Waals surface area contributed by atoms with Crippen LogP contribution >= 0.6 is 0 Å². The minimum Gasteiger partial charge on any atom is -0.452 e. The number of fused-ring (bicyclic) bond motifs is 1. The molecule has 3 aromatic rings. The molecule has 0 aliphatic rings. The fraction of sp³-hybridized carbons (Fsp3) is 0.208. The minimum absolute atomic E-state index is 0.174. The zero-order valence-electron chi connectivity index (χ0n) is 17.4. The van der Waals surface area contributed by atoms with E-state index in [1.165, 1.54) is 17.1 Å². The van der Waals surface area contributed by atoms with Crippen molar-refractivity contribution in [2.75, 3.05) is 18.1 Å². The first-order valence-electron chi connectivity index (χ1n) is 9.78. The number of rotatable bonds is 7. The smallest absolute Gasteiger partial charge is 0.331 e. The van der Waals surface area contributed by atoms with Gasteiger partial charge in [-0.3, -0.25) is 9.78 Å². The van der Waals surface area contributed by atoms with E-state index in [2.05, 4.69) is 9.97 Å². The van der Waals surface area contributed by atoms with Crippen LogP contribution in [0.2, 0.25) is 0 Å². The van der Waals surface area contributed by atoms with Crippen molar-refractivity contribution < 1.29 is 14.3 Å². The molecule has 0 spiro atoms. The van der Waals surface area contributed by atoms with Gasteiger partial charge in [0.2, 0.25) is 0 Å². The minimum atomic E-state index is -0.663. The maximum atomic E-state index is 12.7. The molecule has 31 heavy (non-hydrogen) atoms. The molecule has 1 aromatic heterocycles. The first-order chi connectivity index (χ1) is 15.0. The SMILES string of the molecule is Cc1cc(C)cc(N(CCC#N)C(=O)COC(=O)C=Cc2cnc3ccccc3n2)c1. The molecule has 7 nitrogen and oxygen atoms in total. The standard InChI is InChI=1S/C24H22N4O3/c1-17-12-18(2)14-20(13-17)28(11-5-10-25)23(29)16-31-24(30)9-8-19-15-26-21-6-3-4-7-22(21)27-19/h3-4,6-9,12-15H,5,11,16H2,1-2H3. The number of ether oxygens (including phenoxy) is 1. The van der Waals surface area contributed by atoms with Crippen LogP contribution in [0, 0.1) is 25.2 Å². The molecule has 0 saturated carbocycles. The van der Waals surface area contributed by atoms with Crippen molar-refractivity contribution in [3.63, 3.8) is 0 Å². The third-order valence-corrected chi connectivity index (χ3v) is 4.46. The van der Waals surface area contributed by atoms with Gasteiger partial charge in [-0.05, 0) is 55.3 Å². The third-order valence-electron chi connectivity index (χ3n) is 4.46. The Labute approximate surface area is 180 Å². The molecule has 0 fully saturated rings. The van der Waals surface area contributed by atoms with Gasteiger partial charge in [0.1, 0.15) is 0 Å². The molecule has 0 unspecified atom stereocenters. The molecule has 1 amide bonds. The Balaban J connectivity index is 1.64. The van der Waals surface area contributed by atoms with E-state index in [9.17, 15) is 9.59 Å². The molecule has 0 bridgehead atoms. The van der Waals surface area contributed by atoms with Crippen LogP contribution in [0.4, 0.5) is 5.69 Å². The number of anilines is 1. The van der Waals surface area contributed by atoms with E-state index in [1.54, 1.807) is 6.20 Å². The molecule has 1 heterocycles. The van der Waals surface area contributed by atoms with Crippen molar-refractivity contribution in [3.8, 4) is 6.07 Å². The molecule has 156 valence electrons. The molecule has 0 radical (unpaired) electrons. The highest BCUT2D eigenvalue weighted by Gasteiger charge is 2.17. The number of carbonyl (C=O) groups is 2. The van der Waals surface area contributed by atoms with E-state index >= 15 is 0 Å². The largest absolute Gasteiger partial charge is 0.452 e. The lowest BCUT2D eigenvalue weighted by Gasteiger charge is -2.22. The highest BCUT2D eigenvalue weighted by Crippen LogP contribution is 2.19. The second kappa shape index (κ2) is 10.1. The lowest BCUT2D eigenvalue weighted by Crippen LogP contribution is -2.35. The van der Waals surface area contributed by atoms with Gasteiger partial charge in [-0.15, -0.1) is 0 Å². The summed E-state index contributed by atoms with van der Waals surface area (Å²) in [6.07, 6.45) is 4.43. The Morgan fingerprint density at radius 1 is 1.13 bits per heavy atom. The fourth-order valence-corrected chi connectivity index (χ4v) is 3.13. The van der Waals surface area contributed by atoms with Crippen molar-refractivity contribution in [2.45, 2.75) is 20.3 Å². The summed E-state index contributed by atoms with van der Waals surface area (Å²) >= 11 is 0. The Morgan fingerprint density at radius 3 is 2.55 bits per heavy atom. The lowest BCUT2D eigenvalue weighted by molar-refractivity contribution is -0.142. The average Bonchev–Trinajstić information content (AvgIpc) is 2.75. The van der Waals surface area contributed by atoms with Crippen LogP contribution in [0.1, 0.15) is 23.2 Å². The molecule has 3 rings (SSSR count). The van der Waals surface area contributed by atoms with E-state index in [-0.39, 0.29) is 13.0 Å². The van der Waals surface area contributed by atoms with E-state index in [0.29, 0.717) is 11.4 Å². The quantitative estimate of drug-likeness (QED) is 0.432. The number of aromatic nitrogens is 2. The van der Waals surface area contributed by atoms with Gasteiger partial charge in [-0.1, -0.05) is 18.2 Å². The second-order valence-corrected chi connectivity index (χ2v) is 7.02. The summed E-state index contributed by atoms with van der Waals surface area (Å²) in [5.74, 6) is -1.06.